The lowest BCUT2D eigenvalue weighted by atomic mass is 9.91. The number of carbonyl (C=O) groups is 1. The van der Waals surface area contributed by atoms with Gasteiger partial charge >= 0.3 is 6.18 Å². The summed E-state index contributed by atoms with van der Waals surface area (Å²) in [5.74, 6) is -0.437. The fourth-order valence-corrected chi connectivity index (χ4v) is 3.39. The molecule has 1 unspecified atom stereocenters. The Bertz CT molecular complexity index is 1000. The summed E-state index contributed by atoms with van der Waals surface area (Å²) in [4.78, 5) is 16.6. The molecule has 152 valence electrons. The maximum Gasteiger partial charge on any atom is 0.428 e. The van der Waals surface area contributed by atoms with Crippen LogP contribution >= 0.6 is 23.2 Å². The minimum absolute atomic E-state index is 0.0475. The van der Waals surface area contributed by atoms with E-state index in [1.54, 1.807) is 19.1 Å². The summed E-state index contributed by atoms with van der Waals surface area (Å²) in [6.45, 7) is 5.13. The van der Waals surface area contributed by atoms with Gasteiger partial charge in [0.15, 0.2) is 0 Å². The lowest BCUT2D eigenvalue weighted by molar-refractivity contribution is -0.269. The summed E-state index contributed by atoms with van der Waals surface area (Å²) in [5, 5.41) is 2.71. The van der Waals surface area contributed by atoms with Crippen molar-refractivity contribution in [3.8, 4) is 0 Å². The van der Waals surface area contributed by atoms with Gasteiger partial charge in [0.25, 0.3) is 0 Å². The molecule has 2 N–H and O–H groups in total. The number of amides is 1. The monoisotopic (exact) mass is 442 g/mol. The second kappa shape index (κ2) is 7.74. The second-order valence-electron chi connectivity index (χ2n) is 6.38. The molecule has 9 heteroatoms. The molecule has 2 aromatic carbocycles. The first-order valence-electron chi connectivity index (χ1n) is 8.30. The van der Waals surface area contributed by atoms with Gasteiger partial charge in [-0.1, -0.05) is 41.9 Å². The van der Waals surface area contributed by atoms with Crippen LogP contribution in [0.5, 0.6) is 0 Å². The van der Waals surface area contributed by atoms with Gasteiger partial charge in [0.2, 0.25) is 11.5 Å². The number of hydrogen-bond acceptors (Lipinski definition) is 3. The lowest BCUT2D eigenvalue weighted by Gasteiger charge is -2.28. The number of hydroxylamine groups is 1. The van der Waals surface area contributed by atoms with Crippen LogP contribution in [-0.2, 0) is 15.2 Å². The van der Waals surface area contributed by atoms with Gasteiger partial charge < -0.3 is 5.32 Å². The number of carbonyl (C=O) groups excluding carboxylic acids is 1. The molecule has 1 amide bonds. The molecule has 29 heavy (non-hydrogen) atoms. The van der Waals surface area contributed by atoms with E-state index in [2.05, 4.69) is 17.4 Å². The first-order chi connectivity index (χ1) is 13.6. The van der Waals surface area contributed by atoms with Crippen molar-refractivity contribution in [2.45, 2.75) is 18.7 Å². The van der Waals surface area contributed by atoms with E-state index < -0.39 is 17.7 Å². The molecule has 0 radical (unpaired) electrons. The molecular formula is C20H15Cl2F3N2O2. The van der Waals surface area contributed by atoms with Crippen LogP contribution in [0.3, 0.4) is 0 Å². The van der Waals surface area contributed by atoms with E-state index in [-0.39, 0.29) is 21.3 Å². The Kier molecular flexibility index (Phi) is 5.67. The Hall–Kier alpha value is -2.48. The third kappa shape index (κ3) is 4.12. The SMILES string of the molecule is C=CC(=O)Nc1cc(C2=CC(c3cc(Cl)cc(Cl)c3)(C(F)(F)F)ON2)ccc1C. The summed E-state index contributed by atoms with van der Waals surface area (Å²) in [7, 11) is 0. The number of rotatable bonds is 4. The maximum atomic E-state index is 14.1. The largest absolute Gasteiger partial charge is 0.428 e. The first kappa shape index (κ1) is 21.2. The Balaban J connectivity index is 2.09. The van der Waals surface area contributed by atoms with Crippen molar-refractivity contribution in [2.24, 2.45) is 0 Å². The number of benzene rings is 2. The highest BCUT2D eigenvalue weighted by Crippen LogP contribution is 2.48. The zero-order valence-electron chi connectivity index (χ0n) is 15.0. The van der Waals surface area contributed by atoms with E-state index in [4.69, 9.17) is 28.0 Å². The summed E-state index contributed by atoms with van der Waals surface area (Å²) < 4.78 is 42.2. The Morgan fingerprint density at radius 2 is 1.86 bits per heavy atom. The smallest absolute Gasteiger partial charge is 0.322 e. The predicted molar refractivity (Wildman–Crippen MR) is 106 cm³/mol. The molecule has 2 aromatic rings. The second-order valence-corrected chi connectivity index (χ2v) is 7.25. The van der Waals surface area contributed by atoms with Gasteiger partial charge in [-0.15, -0.1) is 0 Å². The van der Waals surface area contributed by atoms with Gasteiger partial charge in [-0.3, -0.25) is 15.1 Å². The third-order valence-corrected chi connectivity index (χ3v) is 4.81. The fraction of sp³-hybridized carbons (Fsp3) is 0.150. The Morgan fingerprint density at radius 1 is 1.21 bits per heavy atom. The van der Waals surface area contributed by atoms with Crippen molar-refractivity contribution in [3.05, 3.63) is 81.9 Å². The van der Waals surface area contributed by atoms with E-state index in [1.807, 2.05) is 0 Å². The molecule has 0 saturated heterocycles. The zero-order chi connectivity index (χ0) is 21.4. The van der Waals surface area contributed by atoms with Crippen molar-refractivity contribution in [2.75, 3.05) is 5.32 Å². The molecular weight excluding hydrogens is 428 g/mol. The summed E-state index contributed by atoms with van der Waals surface area (Å²) in [6, 6.07) is 8.44. The van der Waals surface area contributed by atoms with Gasteiger partial charge in [-0.05, 0) is 48.9 Å². The van der Waals surface area contributed by atoms with Crippen LogP contribution in [0.1, 0.15) is 16.7 Å². The molecule has 0 aliphatic carbocycles. The van der Waals surface area contributed by atoms with Crippen LogP contribution in [0.2, 0.25) is 10.0 Å². The highest BCUT2D eigenvalue weighted by atomic mass is 35.5. The number of nitrogens with one attached hydrogen (secondary N) is 2. The number of aryl methyl sites for hydroxylation is 1. The average Bonchev–Trinajstić information content (AvgIpc) is 3.09. The molecule has 0 saturated carbocycles. The molecule has 0 bridgehead atoms. The van der Waals surface area contributed by atoms with Crippen LogP contribution in [0.25, 0.3) is 5.70 Å². The predicted octanol–water partition coefficient (Wildman–Crippen LogP) is 5.76. The Labute approximate surface area is 174 Å². The summed E-state index contributed by atoms with van der Waals surface area (Å²) in [6.07, 6.45) is -2.79. The standard InChI is InChI=1S/C20H15Cl2F3N2O2/c1-3-18(28)26-16-6-12(5-4-11(16)2)17-10-19(29-27-17,20(23,24)25)13-7-14(21)9-15(22)8-13/h3-10,27H,1H2,2H3,(H,26,28). The van der Waals surface area contributed by atoms with Crippen molar-refractivity contribution in [3.63, 3.8) is 0 Å². The summed E-state index contributed by atoms with van der Waals surface area (Å²) in [5.41, 5.74) is 0.916. The minimum atomic E-state index is -4.81. The van der Waals surface area contributed by atoms with Crippen molar-refractivity contribution >= 4 is 40.5 Å². The van der Waals surface area contributed by atoms with Crippen LogP contribution in [0.15, 0.2) is 55.1 Å². The molecule has 0 spiro atoms. The maximum absolute atomic E-state index is 14.1. The molecule has 4 nitrogen and oxygen atoms in total. The van der Waals surface area contributed by atoms with Gasteiger partial charge in [-0.2, -0.15) is 13.2 Å². The van der Waals surface area contributed by atoms with E-state index in [0.29, 0.717) is 11.3 Å². The fourth-order valence-electron chi connectivity index (χ4n) is 2.86. The molecule has 1 aliphatic heterocycles. The highest BCUT2D eigenvalue weighted by Gasteiger charge is 2.59. The summed E-state index contributed by atoms with van der Waals surface area (Å²) >= 11 is 11.8. The number of alkyl halides is 3. The molecule has 0 fully saturated rings. The van der Waals surface area contributed by atoms with E-state index in [9.17, 15) is 18.0 Å². The lowest BCUT2D eigenvalue weighted by Crippen LogP contribution is -2.42. The van der Waals surface area contributed by atoms with Crippen LogP contribution in [-0.4, -0.2) is 12.1 Å². The van der Waals surface area contributed by atoms with Gasteiger partial charge in [0.05, 0.1) is 5.70 Å². The van der Waals surface area contributed by atoms with Gasteiger partial charge in [0.1, 0.15) is 0 Å². The van der Waals surface area contributed by atoms with Crippen molar-refractivity contribution in [1.29, 1.82) is 0 Å². The normalized spacial score (nSPS) is 18.8. The third-order valence-electron chi connectivity index (χ3n) is 4.37. The number of halogens is 5. The van der Waals surface area contributed by atoms with Gasteiger partial charge in [0, 0.05) is 26.9 Å². The van der Waals surface area contributed by atoms with Crippen LogP contribution in [0, 0.1) is 6.92 Å². The molecule has 1 heterocycles. The zero-order valence-corrected chi connectivity index (χ0v) is 16.5. The highest BCUT2D eigenvalue weighted by molar-refractivity contribution is 6.34. The average molecular weight is 443 g/mol. The quantitative estimate of drug-likeness (QED) is 0.591. The van der Waals surface area contributed by atoms with E-state index >= 15 is 0 Å². The van der Waals surface area contributed by atoms with Crippen molar-refractivity contribution < 1.29 is 22.8 Å². The first-order valence-corrected chi connectivity index (χ1v) is 9.06. The van der Waals surface area contributed by atoms with Crippen LogP contribution < -0.4 is 10.8 Å². The number of anilines is 1. The molecule has 0 aromatic heterocycles. The van der Waals surface area contributed by atoms with Gasteiger partial charge in [-0.25, -0.2) is 0 Å². The van der Waals surface area contributed by atoms with Crippen molar-refractivity contribution in [1.82, 2.24) is 5.48 Å². The van der Waals surface area contributed by atoms with Crippen LogP contribution in [0.4, 0.5) is 18.9 Å². The van der Waals surface area contributed by atoms with E-state index in [1.165, 1.54) is 12.1 Å². The number of hydrogen-bond donors (Lipinski definition) is 2. The Morgan fingerprint density at radius 3 is 2.45 bits per heavy atom. The molecule has 3 rings (SSSR count). The van der Waals surface area contributed by atoms with E-state index in [0.717, 1.165) is 29.8 Å². The topological polar surface area (TPSA) is 50.4 Å². The minimum Gasteiger partial charge on any atom is -0.322 e. The molecule has 1 aliphatic rings. The molecule has 1 atom stereocenters.